The zero-order chi connectivity index (χ0) is 12.0. The van der Waals surface area contributed by atoms with E-state index in [1.54, 1.807) is 18.2 Å². The molecule has 1 aromatic rings. The van der Waals surface area contributed by atoms with Gasteiger partial charge in [0.1, 0.15) is 5.75 Å². The molecule has 1 N–H and O–H groups in total. The van der Waals surface area contributed by atoms with Crippen LogP contribution in [-0.2, 0) is 14.6 Å². The molecule has 0 fully saturated rings. The molecule has 1 rings (SSSR count). The fraction of sp³-hybridized carbons (Fsp3) is 0.222. The van der Waals surface area contributed by atoms with Gasteiger partial charge in [-0.1, -0.05) is 12.1 Å². The van der Waals surface area contributed by atoms with Crippen molar-refractivity contribution in [2.45, 2.75) is 0 Å². The minimum absolute atomic E-state index is 0. The molecule has 88 valence electrons. The molecule has 0 saturated carbocycles. The van der Waals surface area contributed by atoms with Crippen LogP contribution in [0.5, 0.6) is 5.75 Å². The van der Waals surface area contributed by atoms with Gasteiger partial charge in [-0.05, 0) is 12.1 Å². The molecule has 0 unspecified atom stereocenters. The number of hydrogen-bond donors (Lipinski definition) is 1. The van der Waals surface area contributed by atoms with Crippen LogP contribution in [0.3, 0.4) is 0 Å². The van der Waals surface area contributed by atoms with E-state index in [1.807, 2.05) is 0 Å². The van der Waals surface area contributed by atoms with Gasteiger partial charge < -0.3 is 9.66 Å². The molecular weight excluding hydrogens is 257 g/mol. The van der Waals surface area contributed by atoms with Crippen molar-refractivity contribution in [3.8, 4) is 5.75 Å². The smallest absolute Gasteiger partial charge is 0.726 e. The molecule has 0 atom stereocenters. The summed E-state index contributed by atoms with van der Waals surface area (Å²) >= 11 is 0. The van der Waals surface area contributed by atoms with E-state index in [0.29, 0.717) is 5.56 Å². The summed E-state index contributed by atoms with van der Waals surface area (Å²) in [5.41, 5.74) is 0.507. The molecule has 0 aromatic heterocycles. The number of aromatic hydroxyl groups is 1. The van der Waals surface area contributed by atoms with E-state index in [9.17, 15) is 18.1 Å². The van der Waals surface area contributed by atoms with Crippen LogP contribution < -0.4 is 29.6 Å². The molecule has 0 aliphatic heterocycles. The van der Waals surface area contributed by atoms with E-state index in [0.717, 1.165) is 0 Å². The third-order valence-corrected chi connectivity index (χ3v) is 2.07. The van der Waals surface area contributed by atoms with Gasteiger partial charge in [-0.25, -0.2) is 8.42 Å². The maximum atomic E-state index is 10.0. The number of para-hydroxylation sites is 1. The Morgan fingerprint density at radius 1 is 1.41 bits per heavy atom. The minimum atomic E-state index is -4.65. The van der Waals surface area contributed by atoms with Crippen LogP contribution in [0.2, 0.25) is 0 Å². The molecule has 0 bridgehead atoms. The Balaban J connectivity index is 0.00000256. The number of phenols is 1. The van der Waals surface area contributed by atoms with Crippen LogP contribution in [0, 0.1) is 0 Å². The maximum absolute atomic E-state index is 10.0. The molecule has 0 saturated heterocycles. The SMILES string of the molecule is O=S(=O)([O-])OCCN=Cc1ccccc1O.[Na+]. The predicted molar refractivity (Wildman–Crippen MR) is 56.2 cm³/mol. The van der Waals surface area contributed by atoms with Crippen molar-refractivity contribution < 1.29 is 51.8 Å². The summed E-state index contributed by atoms with van der Waals surface area (Å²) in [4.78, 5) is 3.79. The van der Waals surface area contributed by atoms with Gasteiger partial charge in [0.05, 0.1) is 13.2 Å². The third kappa shape index (κ3) is 7.48. The van der Waals surface area contributed by atoms with Gasteiger partial charge in [0.25, 0.3) is 0 Å². The Morgan fingerprint density at radius 3 is 2.65 bits per heavy atom. The van der Waals surface area contributed by atoms with E-state index < -0.39 is 10.4 Å². The average Bonchev–Trinajstić information content (AvgIpc) is 2.18. The van der Waals surface area contributed by atoms with Gasteiger partial charge in [0.15, 0.2) is 0 Å². The van der Waals surface area contributed by atoms with Crippen LogP contribution in [0.4, 0.5) is 0 Å². The summed E-state index contributed by atoms with van der Waals surface area (Å²) in [6, 6.07) is 6.53. The third-order valence-electron chi connectivity index (χ3n) is 1.62. The minimum Gasteiger partial charge on any atom is -0.726 e. The predicted octanol–water partition coefficient (Wildman–Crippen LogP) is -2.71. The van der Waals surface area contributed by atoms with Crippen LogP contribution >= 0.6 is 0 Å². The number of phenolic OH excluding ortho intramolecular Hbond substituents is 1. The Bertz CT molecular complexity index is 474. The number of rotatable bonds is 5. The van der Waals surface area contributed by atoms with Crippen molar-refractivity contribution in [1.29, 1.82) is 0 Å². The summed E-state index contributed by atoms with van der Waals surface area (Å²) in [7, 11) is -4.65. The zero-order valence-electron chi connectivity index (χ0n) is 9.24. The number of nitrogens with zero attached hydrogens (tertiary/aromatic N) is 1. The first-order valence-corrected chi connectivity index (χ1v) is 5.70. The topological polar surface area (TPSA) is 99.0 Å². The normalized spacial score (nSPS) is 11.4. The Kier molecular flexibility index (Phi) is 7.60. The van der Waals surface area contributed by atoms with E-state index >= 15 is 0 Å². The summed E-state index contributed by atoms with van der Waals surface area (Å²) < 4.78 is 34.1. The monoisotopic (exact) mass is 267 g/mol. The van der Waals surface area contributed by atoms with Gasteiger partial charge in [-0.15, -0.1) is 0 Å². The summed E-state index contributed by atoms with van der Waals surface area (Å²) in [6.07, 6.45) is 1.37. The zero-order valence-corrected chi connectivity index (χ0v) is 12.1. The molecule has 0 aliphatic rings. The van der Waals surface area contributed by atoms with Crippen molar-refractivity contribution in [1.82, 2.24) is 0 Å². The standard InChI is InChI=1S/C9H11NO5S.Na/c11-9-4-2-1-3-8(9)7-10-5-6-15-16(12,13)14;/h1-4,7,11H,5-6H2,(H,12,13,14);/q;+1/p-1. The maximum Gasteiger partial charge on any atom is 1.00 e. The molecule has 0 heterocycles. The second-order valence-electron chi connectivity index (χ2n) is 2.82. The summed E-state index contributed by atoms with van der Waals surface area (Å²) in [5, 5.41) is 9.33. The van der Waals surface area contributed by atoms with E-state index in [-0.39, 0.29) is 48.5 Å². The van der Waals surface area contributed by atoms with Crippen molar-refractivity contribution in [3.63, 3.8) is 0 Å². The van der Waals surface area contributed by atoms with Crippen LogP contribution in [0.25, 0.3) is 0 Å². The molecule has 0 amide bonds. The van der Waals surface area contributed by atoms with Crippen LogP contribution in [0.15, 0.2) is 29.3 Å². The first-order valence-electron chi connectivity index (χ1n) is 4.37. The van der Waals surface area contributed by atoms with Crippen molar-refractivity contribution in [2.24, 2.45) is 4.99 Å². The Hall–Kier alpha value is -0.440. The molecule has 17 heavy (non-hydrogen) atoms. The van der Waals surface area contributed by atoms with Gasteiger partial charge >= 0.3 is 29.6 Å². The molecule has 0 spiro atoms. The molecule has 0 aliphatic carbocycles. The quantitative estimate of drug-likeness (QED) is 0.206. The van der Waals surface area contributed by atoms with Gasteiger partial charge in [0, 0.05) is 11.8 Å². The first-order chi connectivity index (χ1) is 7.49. The molecule has 1 aromatic carbocycles. The van der Waals surface area contributed by atoms with E-state index in [4.69, 9.17) is 0 Å². The number of hydrogen-bond acceptors (Lipinski definition) is 6. The van der Waals surface area contributed by atoms with Crippen LogP contribution in [-0.4, -0.2) is 37.4 Å². The van der Waals surface area contributed by atoms with Crippen molar-refractivity contribution >= 4 is 16.6 Å². The van der Waals surface area contributed by atoms with Gasteiger partial charge in [-0.2, -0.15) is 0 Å². The fourth-order valence-corrected chi connectivity index (χ4v) is 1.23. The molecular formula is C9H10NNaO5S. The summed E-state index contributed by atoms with van der Waals surface area (Å²) in [5.74, 6) is 0.0728. The van der Waals surface area contributed by atoms with Gasteiger partial charge in [-0.3, -0.25) is 9.18 Å². The molecule has 6 nitrogen and oxygen atoms in total. The average molecular weight is 267 g/mol. The van der Waals surface area contributed by atoms with Crippen molar-refractivity contribution in [2.75, 3.05) is 13.2 Å². The Labute approximate surface area is 122 Å². The molecule has 0 radical (unpaired) electrons. The largest absolute Gasteiger partial charge is 1.00 e. The van der Waals surface area contributed by atoms with Gasteiger partial charge in [0.2, 0.25) is 10.4 Å². The first kappa shape index (κ1) is 16.6. The fourth-order valence-electron chi connectivity index (χ4n) is 0.952. The molecule has 8 heteroatoms. The number of benzene rings is 1. The van der Waals surface area contributed by atoms with E-state index in [2.05, 4.69) is 9.18 Å². The van der Waals surface area contributed by atoms with E-state index in [1.165, 1.54) is 12.3 Å². The Morgan fingerprint density at radius 2 is 2.06 bits per heavy atom. The second-order valence-corrected chi connectivity index (χ2v) is 3.88. The van der Waals surface area contributed by atoms with Crippen LogP contribution in [0.1, 0.15) is 5.56 Å². The number of aliphatic imine (C=N–C) groups is 1. The van der Waals surface area contributed by atoms with Crippen molar-refractivity contribution in [3.05, 3.63) is 29.8 Å². The second kappa shape index (κ2) is 7.80. The summed E-state index contributed by atoms with van der Waals surface area (Å²) in [6.45, 7) is -0.286.